The van der Waals surface area contributed by atoms with E-state index in [-0.39, 0.29) is 6.04 Å². The van der Waals surface area contributed by atoms with Gasteiger partial charge in [-0.1, -0.05) is 11.6 Å². The van der Waals surface area contributed by atoms with E-state index in [1.54, 1.807) is 0 Å². The van der Waals surface area contributed by atoms with Gasteiger partial charge in [-0.25, -0.2) is 0 Å². The lowest BCUT2D eigenvalue weighted by Crippen LogP contribution is -2.59. The number of amides is 1. The summed E-state index contributed by atoms with van der Waals surface area (Å²) in [6, 6.07) is 5.87. The fourth-order valence-electron chi connectivity index (χ4n) is 4.68. The van der Waals surface area contributed by atoms with E-state index in [1.165, 1.54) is 12.8 Å². The second-order valence-corrected chi connectivity index (χ2v) is 8.59. The molecule has 2 bridgehead atoms. The highest BCUT2D eigenvalue weighted by molar-refractivity contribution is 6.30. The Balaban J connectivity index is 1.20. The molecule has 4 aliphatic rings. The van der Waals surface area contributed by atoms with Crippen LogP contribution in [0.25, 0.3) is 0 Å². The summed E-state index contributed by atoms with van der Waals surface area (Å²) in [5.74, 6) is 2.04. The lowest BCUT2D eigenvalue weighted by atomic mass is 9.83. The molecule has 4 saturated heterocycles. The molecule has 1 atom stereocenters. The molecular formula is C21H30ClN3O2. The van der Waals surface area contributed by atoms with Crippen molar-refractivity contribution >= 4 is 17.5 Å². The van der Waals surface area contributed by atoms with Crippen LogP contribution in [-0.4, -0.2) is 79.1 Å². The Labute approximate surface area is 167 Å². The van der Waals surface area contributed by atoms with Crippen LogP contribution in [0.1, 0.15) is 24.8 Å². The first-order valence-corrected chi connectivity index (χ1v) is 10.6. The van der Waals surface area contributed by atoms with E-state index in [9.17, 15) is 4.79 Å². The van der Waals surface area contributed by atoms with Gasteiger partial charge in [0, 0.05) is 37.7 Å². The third kappa shape index (κ3) is 4.41. The zero-order valence-corrected chi connectivity index (χ0v) is 17.0. The molecule has 1 amide bonds. The summed E-state index contributed by atoms with van der Waals surface area (Å²) in [4.78, 5) is 19.8. The molecule has 0 N–H and O–H groups in total. The van der Waals surface area contributed by atoms with Gasteiger partial charge in [-0.3, -0.25) is 14.6 Å². The number of halogens is 1. The third-order valence-electron chi connectivity index (χ3n) is 6.42. The average Bonchev–Trinajstić information content (AvgIpc) is 2.70. The predicted octanol–water partition coefficient (Wildman–Crippen LogP) is 2.66. The lowest BCUT2D eigenvalue weighted by molar-refractivity contribution is -0.143. The Kier molecular flexibility index (Phi) is 5.90. The number of piperazine rings is 1. The van der Waals surface area contributed by atoms with Crippen molar-refractivity contribution in [1.82, 2.24) is 14.7 Å². The van der Waals surface area contributed by atoms with Gasteiger partial charge < -0.3 is 9.64 Å². The molecule has 5 nitrogen and oxygen atoms in total. The normalized spacial score (nSPS) is 28.4. The van der Waals surface area contributed by atoms with E-state index < -0.39 is 0 Å². The minimum absolute atomic E-state index is 0.153. The highest BCUT2D eigenvalue weighted by Gasteiger charge is 2.39. The van der Waals surface area contributed by atoms with Crippen LogP contribution in [0.4, 0.5) is 0 Å². The molecule has 1 aromatic rings. The Bertz CT molecular complexity index is 667. The third-order valence-corrected chi connectivity index (χ3v) is 6.65. The van der Waals surface area contributed by atoms with Crippen LogP contribution in [0.2, 0.25) is 5.02 Å². The first-order valence-electron chi connectivity index (χ1n) is 10.2. The quantitative estimate of drug-likeness (QED) is 0.773. The van der Waals surface area contributed by atoms with Gasteiger partial charge in [-0.05, 0) is 69.0 Å². The van der Waals surface area contributed by atoms with Gasteiger partial charge in [-0.15, -0.1) is 0 Å². The average molecular weight is 392 g/mol. The van der Waals surface area contributed by atoms with Crippen LogP contribution in [-0.2, 0) is 4.79 Å². The molecule has 1 aromatic carbocycles. The van der Waals surface area contributed by atoms with Crippen molar-refractivity contribution in [2.75, 3.05) is 52.4 Å². The van der Waals surface area contributed by atoms with Crippen LogP contribution in [0.5, 0.6) is 5.75 Å². The van der Waals surface area contributed by atoms with Gasteiger partial charge >= 0.3 is 0 Å². The second kappa shape index (κ2) is 8.38. The number of hydrogen-bond acceptors (Lipinski definition) is 4. The maximum absolute atomic E-state index is 12.9. The number of rotatable bonds is 5. The minimum atomic E-state index is 0.153. The molecule has 6 heteroatoms. The van der Waals surface area contributed by atoms with Crippen molar-refractivity contribution in [2.24, 2.45) is 5.92 Å². The van der Waals surface area contributed by atoms with Gasteiger partial charge in [0.05, 0.1) is 6.04 Å². The van der Waals surface area contributed by atoms with Gasteiger partial charge in [0.25, 0.3) is 0 Å². The maximum atomic E-state index is 12.9. The topological polar surface area (TPSA) is 36.0 Å². The summed E-state index contributed by atoms with van der Waals surface area (Å²) in [6.07, 6.45) is 3.64. The SMILES string of the molecule is Cc1cc(Cl)ccc1OCCN1CCN(C(=O)C2CC3CCN2CC3)CC1. The summed E-state index contributed by atoms with van der Waals surface area (Å²) in [7, 11) is 0. The lowest BCUT2D eigenvalue weighted by Gasteiger charge is -2.46. The molecule has 27 heavy (non-hydrogen) atoms. The van der Waals surface area contributed by atoms with E-state index in [4.69, 9.17) is 16.3 Å². The van der Waals surface area contributed by atoms with E-state index in [0.29, 0.717) is 12.5 Å². The predicted molar refractivity (Wildman–Crippen MR) is 107 cm³/mol. The number of ether oxygens (including phenoxy) is 1. The zero-order chi connectivity index (χ0) is 18.8. The van der Waals surface area contributed by atoms with E-state index in [2.05, 4.69) is 14.7 Å². The van der Waals surface area contributed by atoms with Gasteiger partial charge in [0.15, 0.2) is 0 Å². The van der Waals surface area contributed by atoms with Crippen molar-refractivity contribution in [1.29, 1.82) is 0 Å². The number of carbonyl (C=O) groups is 1. The summed E-state index contributed by atoms with van der Waals surface area (Å²) < 4.78 is 5.91. The van der Waals surface area contributed by atoms with E-state index in [0.717, 1.165) is 74.5 Å². The molecule has 4 aliphatic heterocycles. The standard InChI is InChI=1S/C21H30ClN3O2/c1-16-14-18(22)2-3-20(16)27-13-12-23-8-10-25(11-9-23)21(26)19-15-17-4-6-24(19)7-5-17/h2-3,14,17,19H,4-13,15H2,1H3. The van der Waals surface area contributed by atoms with Crippen molar-refractivity contribution < 1.29 is 9.53 Å². The molecular weight excluding hydrogens is 362 g/mol. The van der Waals surface area contributed by atoms with E-state index >= 15 is 0 Å². The first-order chi connectivity index (χ1) is 13.1. The monoisotopic (exact) mass is 391 g/mol. The Morgan fingerprint density at radius 1 is 1.15 bits per heavy atom. The van der Waals surface area contributed by atoms with E-state index in [1.807, 2.05) is 25.1 Å². The summed E-state index contributed by atoms with van der Waals surface area (Å²) in [5, 5.41) is 0.739. The molecule has 4 heterocycles. The van der Waals surface area contributed by atoms with Crippen LogP contribution in [0.3, 0.4) is 0 Å². The van der Waals surface area contributed by atoms with Crippen molar-refractivity contribution in [3.63, 3.8) is 0 Å². The molecule has 0 spiro atoms. The number of benzene rings is 1. The Morgan fingerprint density at radius 2 is 1.89 bits per heavy atom. The fourth-order valence-corrected chi connectivity index (χ4v) is 4.91. The van der Waals surface area contributed by atoms with Gasteiger partial charge in [0.1, 0.15) is 12.4 Å². The zero-order valence-electron chi connectivity index (χ0n) is 16.2. The first kappa shape index (κ1) is 19.0. The highest BCUT2D eigenvalue weighted by atomic mass is 35.5. The number of aryl methyl sites for hydroxylation is 1. The molecule has 1 unspecified atom stereocenters. The van der Waals surface area contributed by atoms with Crippen LogP contribution >= 0.6 is 11.6 Å². The largest absolute Gasteiger partial charge is 0.492 e. The number of nitrogens with zero attached hydrogens (tertiary/aromatic N) is 3. The fraction of sp³-hybridized carbons (Fsp3) is 0.667. The molecule has 0 radical (unpaired) electrons. The molecule has 0 aliphatic carbocycles. The molecule has 4 fully saturated rings. The van der Waals surface area contributed by atoms with Crippen molar-refractivity contribution in [3.05, 3.63) is 28.8 Å². The summed E-state index contributed by atoms with van der Waals surface area (Å²) >= 11 is 5.99. The van der Waals surface area contributed by atoms with Crippen LogP contribution in [0, 0.1) is 12.8 Å². The van der Waals surface area contributed by atoms with Crippen LogP contribution < -0.4 is 4.74 Å². The van der Waals surface area contributed by atoms with Gasteiger partial charge in [-0.2, -0.15) is 0 Å². The molecule has 0 aromatic heterocycles. The molecule has 0 saturated carbocycles. The number of carbonyl (C=O) groups excluding carboxylic acids is 1. The molecule has 5 rings (SSSR count). The Hall–Kier alpha value is -1.30. The Morgan fingerprint density at radius 3 is 2.52 bits per heavy atom. The highest BCUT2D eigenvalue weighted by Crippen LogP contribution is 2.32. The van der Waals surface area contributed by atoms with Crippen molar-refractivity contribution in [2.45, 2.75) is 32.2 Å². The van der Waals surface area contributed by atoms with Crippen molar-refractivity contribution in [3.8, 4) is 5.75 Å². The summed E-state index contributed by atoms with van der Waals surface area (Å²) in [5.41, 5.74) is 1.06. The minimum Gasteiger partial charge on any atom is -0.492 e. The summed E-state index contributed by atoms with van der Waals surface area (Å²) in [6.45, 7) is 9.35. The smallest absolute Gasteiger partial charge is 0.240 e. The van der Waals surface area contributed by atoms with Crippen LogP contribution in [0.15, 0.2) is 18.2 Å². The molecule has 148 valence electrons. The second-order valence-electron chi connectivity index (χ2n) is 8.16. The number of hydrogen-bond donors (Lipinski definition) is 0. The van der Waals surface area contributed by atoms with Gasteiger partial charge in [0.2, 0.25) is 5.91 Å². The number of piperidine rings is 3. The number of fused-ring (bicyclic) bond motifs is 3. The maximum Gasteiger partial charge on any atom is 0.240 e.